The molecule has 1 fully saturated rings. The third-order valence-corrected chi connectivity index (χ3v) is 8.15. The molecule has 0 radical (unpaired) electrons. The molecule has 0 bridgehead atoms. The molecule has 1 aromatic carbocycles. The number of Topliss-reactive ketones (excluding diaryl/α,β-unsaturated/α-hetero) is 1. The summed E-state index contributed by atoms with van der Waals surface area (Å²) in [5.74, 6) is 0.400. The van der Waals surface area contributed by atoms with E-state index in [-0.39, 0.29) is 29.1 Å². The fourth-order valence-electron chi connectivity index (χ4n) is 6.38. The predicted octanol–water partition coefficient (Wildman–Crippen LogP) is 5.53. The van der Waals surface area contributed by atoms with Gasteiger partial charge in [0.15, 0.2) is 5.78 Å². The van der Waals surface area contributed by atoms with Gasteiger partial charge in [-0.25, -0.2) is 4.79 Å². The molecule has 9 heteroatoms. The Kier molecular flexibility index (Phi) is 7.25. The van der Waals surface area contributed by atoms with Crippen LogP contribution >= 0.6 is 0 Å². The van der Waals surface area contributed by atoms with Crippen molar-refractivity contribution in [3.05, 3.63) is 74.2 Å². The minimum Gasteiger partial charge on any atom is -0.427 e. The summed E-state index contributed by atoms with van der Waals surface area (Å²) in [6.07, 6.45) is 1.72. The maximum absolute atomic E-state index is 14.0. The fourth-order valence-corrected chi connectivity index (χ4v) is 6.38. The Bertz CT molecular complexity index is 1500. The summed E-state index contributed by atoms with van der Waals surface area (Å²) < 4.78 is 16.3. The van der Waals surface area contributed by atoms with Gasteiger partial charge in [-0.1, -0.05) is 28.0 Å². The van der Waals surface area contributed by atoms with Crippen molar-refractivity contribution in [2.45, 2.75) is 67.7 Å². The van der Waals surface area contributed by atoms with E-state index in [1.165, 1.54) is 0 Å². The van der Waals surface area contributed by atoms with Gasteiger partial charge in [-0.15, -0.1) is 0 Å². The molecule has 5 rings (SSSR count). The number of likely N-dealkylation sites (tertiary alicyclic amines) is 1. The lowest BCUT2D eigenvalue weighted by atomic mass is 9.87. The minimum atomic E-state index is -0.572. The quantitative estimate of drug-likeness (QED) is 0.371. The van der Waals surface area contributed by atoms with Crippen molar-refractivity contribution in [2.75, 3.05) is 13.1 Å². The minimum absolute atomic E-state index is 0.0212. The first-order valence-electron chi connectivity index (χ1n) is 13.7. The van der Waals surface area contributed by atoms with Crippen molar-refractivity contribution >= 4 is 23.2 Å². The number of ketones is 1. The summed E-state index contributed by atoms with van der Waals surface area (Å²) in [6.45, 7) is 14.0. The van der Waals surface area contributed by atoms with E-state index in [0.717, 1.165) is 28.7 Å². The fraction of sp³-hybridized carbons (Fsp3) is 0.452. The number of aromatic nitrogens is 2. The topological polar surface area (TPSA) is 116 Å². The van der Waals surface area contributed by atoms with Gasteiger partial charge in [0.25, 0.3) is 5.91 Å². The second-order valence-corrected chi connectivity index (χ2v) is 11.3. The molecule has 1 aliphatic heterocycles. The van der Waals surface area contributed by atoms with E-state index < -0.39 is 5.97 Å². The van der Waals surface area contributed by atoms with Crippen LogP contribution in [0.3, 0.4) is 0 Å². The summed E-state index contributed by atoms with van der Waals surface area (Å²) in [4.78, 5) is 42.2. The van der Waals surface area contributed by atoms with E-state index in [9.17, 15) is 14.4 Å². The van der Waals surface area contributed by atoms with Crippen LogP contribution < -0.4 is 0 Å². The van der Waals surface area contributed by atoms with Crippen LogP contribution in [-0.2, 0) is 9.53 Å². The van der Waals surface area contributed by atoms with Gasteiger partial charge in [0.2, 0.25) is 0 Å². The van der Waals surface area contributed by atoms with E-state index in [2.05, 4.69) is 10.3 Å². The molecule has 9 nitrogen and oxygen atoms in total. The van der Waals surface area contributed by atoms with Crippen LogP contribution in [0.25, 0.3) is 5.57 Å². The van der Waals surface area contributed by atoms with E-state index in [0.29, 0.717) is 65.7 Å². The summed E-state index contributed by atoms with van der Waals surface area (Å²) >= 11 is 0. The number of carbonyl (C=O) groups is 3. The average molecular weight is 546 g/mol. The molecule has 1 aliphatic carbocycles. The number of benzene rings is 1. The highest BCUT2D eigenvalue weighted by molar-refractivity contribution is 6.25. The second kappa shape index (κ2) is 10.5. The lowest BCUT2D eigenvalue weighted by molar-refractivity contribution is -0.117. The van der Waals surface area contributed by atoms with Gasteiger partial charge in [-0.3, -0.25) is 9.59 Å². The molecule has 2 unspecified atom stereocenters. The van der Waals surface area contributed by atoms with Crippen LogP contribution in [0.4, 0.5) is 0 Å². The Morgan fingerprint density at radius 3 is 2.12 bits per heavy atom. The van der Waals surface area contributed by atoms with Crippen LogP contribution in [0.1, 0.15) is 85.1 Å². The number of ether oxygens (including phenoxy) is 1. The molecule has 3 heterocycles. The Morgan fingerprint density at radius 1 is 0.950 bits per heavy atom. The Morgan fingerprint density at radius 2 is 1.55 bits per heavy atom. The lowest BCUT2D eigenvalue weighted by Crippen LogP contribution is -2.30. The van der Waals surface area contributed by atoms with Crippen molar-refractivity contribution in [3.63, 3.8) is 0 Å². The molecule has 2 aromatic heterocycles. The normalized spacial score (nSPS) is 19.2. The molecule has 0 N–H and O–H groups in total. The Balaban J connectivity index is 1.40. The molecular formula is C31H35N3O6. The highest BCUT2D eigenvalue weighted by Gasteiger charge is 2.41. The van der Waals surface area contributed by atoms with Crippen molar-refractivity contribution in [1.29, 1.82) is 0 Å². The van der Waals surface area contributed by atoms with Crippen LogP contribution in [0, 0.1) is 60.3 Å². The molecule has 1 saturated heterocycles. The predicted molar refractivity (Wildman–Crippen MR) is 147 cm³/mol. The van der Waals surface area contributed by atoms with Gasteiger partial charge >= 0.3 is 5.97 Å². The third kappa shape index (κ3) is 4.89. The maximum Gasteiger partial charge on any atom is 0.348 e. The zero-order valence-corrected chi connectivity index (χ0v) is 24.1. The summed E-state index contributed by atoms with van der Waals surface area (Å²) in [5, 5.41) is 7.79. The number of hydrogen-bond donors (Lipinski definition) is 0. The molecule has 0 saturated carbocycles. The molecule has 2 aliphatic rings. The zero-order chi connectivity index (χ0) is 28.9. The second-order valence-electron chi connectivity index (χ2n) is 11.3. The molecular weight excluding hydrogens is 510 g/mol. The number of amides is 1. The van der Waals surface area contributed by atoms with Gasteiger partial charge in [-0.05, 0) is 83.9 Å². The van der Waals surface area contributed by atoms with Gasteiger partial charge in [0, 0.05) is 25.4 Å². The third-order valence-electron chi connectivity index (χ3n) is 8.15. The van der Waals surface area contributed by atoms with Gasteiger partial charge in [-0.2, -0.15) is 0 Å². The first-order chi connectivity index (χ1) is 19.0. The molecule has 2 atom stereocenters. The average Bonchev–Trinajstić information content (AvgIpc) is 3.63. The Labute approximate surface area is 233 Å². The smallest absolute Gasteiger partial charge is 0.348 e. The van der Waals surface area contributed by atoms with E-state index in [1.807, 2.05) is 37.8 Å². The number of allylic oxidation sites excluding steroid dienone is 2. The van der Waals surface area contributed by atoms with Gasteiger partial charge < -0.3 is 18.7 Å². The molecule has 1 amide bonds. The number of nitrogens with zero attached hydrogens (tertiary/aromatic N) is 3. The van der Waals surface area contributed by atoms with Crippen LogP contribution in [-0.4, -0.2) is 46.0 Å². The number of rotatable bonds is 6. The SMILES string of the molecule is Cc1cc(C)c(C2=C(OC(=O)c3c(C)noc3C)CC(CC3CCN(C(=O)c4c(C)noc4C)C3)C2=O)c(C)c1. The largest absolute Gasteiger partial charge is 0.427 e. The van der Waals surface area contributed by atoms with Crippen molar-refractivity contribution < 1.29 is 28.2 Å². The Hall–Kier alpha value is -4.01. The monoisotopic (exact) mass is 545 g/mol. The maximum atomic E-state index is 14.0. The molecule has 40 heavy (non-hydrogen) atoms. The van der Waals surface area contributed by atoms with Crippen LogP contribution in [0.2, 0.25) is 0 Å². The first kappa shape index (κ1) is 27.6. The van der Waals surface area contributed by atoms with E-state index in [4.69, 9.17) is 13.8 Å². The molecule has 3 aromatic rings. The van der Waals surface area contributed by atoms with Crippen LogP contribution in [0.5, 0.6) is 0 Å². The summed E-state index contributed by atoms with van der Waals surface area (Å²) in [5.41, 5.74) is 6.15. The van der Waals surface area contributed by atoms with Crippen molar-refractivity contribution in [1.82, 2.24) is 15.2 Å². The number of carbonyl (C=O) groups excluding carboxylic acids is 3. The van der Waals surface area contributed by atoms with Crippen molar-refractivity contribution in [3.8, 4) is 0 Å². The van der Waals surface area contributed by atoms with Gasteiger partial charge in [0.1, 0.15) is 28.4 Å². The first-order valence-corrected chi connectivity index (χ1v) is 13.7. The number of aryl methyl sites for hydroxylation is 7. The summed E-state index contributed by atoms with van der Waals surface area (Å²) in [6, 6.07) is 4.08. The highest BCUT2D eigenvalue weighted by atomic mass is 16.5. The zero-order valence-electron chi connectivity index (χ0n) is 24.1. The number of hydrogen-bond acceptors (Lipinski definition) is 8. The van der Waals surface area contributed by atoms with E-state index >= 15 is 0 Å². The highest BCUT2D eigenvalue weighted by Crippen LogP contribution is 2.42. The van der Waals surface area contributed by atoms with Gasteiger partial charge in [0.05, 0.1) is 17.0 Å². The van der Waals surface area contributed by atoms with E-state index in [1.54, 1.807) is 27.7 Å². The van der Waals surface area contributed by atoms with Crippen LogP contribution in [0.15, 0.2) is 26.9 Å². The number of esters is 1. The molecule has 0 spiro atoms. The lowest BCUT2D eigenvalue weighted by Gasteiger charge is -2.18. The summed E-state index contributed by atoms with van der Waals surface area (Å²) in [7, 11) is 0. The molecule has 210 valence electrons. The standard InChI is InChI=1S/C31H35N3O6/c1-15-10-16(2)25(17(3)11-15)28-24(38-31(37)27-19(5)33-40-21(27)7)13-23(29(28)35)12-22-8-9-34(14-22)30(36)26-18(4)32-39-20(26)6/h10-11,22-23H,8-9,12-14H2,1-7H3. The van der Waals surface area contributed by atoms with Crippen molar-refractivity contribution in [2.24, 2.45) is 11.8 Å².